The van der Waals surface area contributed by atoms with Crippen molar-refractivity contribution < 1.29 is 22.0 Å². The third-order valence-corrected chi connectivity index (χ3v) is 7.84. The lowest BCUT2D eigenvalue weighted by atomic mass is 9.97. The molecule has 7 nitrogen and oxygen atoms in total. The Morgan fingerprint density at radius 3 is 2.40 bits per heavy atom. The highest BCUT2D eigenvalue weighted by atomic mass is 32.2. The number of sulfonamides is 1. The summed E-state index contributed by atoms with van der Waals surface area (Å²) in [6.07, 6.45) is 6.78. The molecule has 1 aromatic carbocycles. The molecule has 1 saturated carbocycles. The van der Waals surface area contributed by atoms with Crippen LogP contribution in [0, 0.1) is 17.6 Å². The fraction of sp³-hybridized carbons (Fsp3) is 0.500. The van der Waals surface area contributed by atoms with Gasteiger partial charge in [-0.05, 0) is 43.9 Å². The minimum atomic E-state index is -3.94. The largest absolute Gasteiger partial charge is 0.311 e. The fourth-order valence-corrected chi connectivity index (χ4v) is 5.71. The summed E-state index contributed by atoms with van der Waals surface area (Å²) < 4.78 is 55.1. The molecular formula is C20H24F2N4O3S. The van der Waals surface area contributed by atoms with Gasteiger partial charge in [0.1, 0.15) is 5.82 Å². The summed E-state index contributed by atoms with van der Waals surface area (Å²) in [5.41, 5.74) is 0. The molecule has 0 spiro atoms. The molecule has 162 valence electrons. The normalized spacial score (nSPS) is 19.3. The molecule has 2 aromatic rings. The number of hydrogen-bond donors (Lipinski definition) is 1. The molecule has 0 bridgehead atoms. The summed E-state index contributed by atoms with van der Waals surface area (Å²) in [7, 11) is -3.94. The highest BCUT2D eigenvalue weighted by Crippen LogP contribution is 2.32. The van der Waals surface area contributed by atoms with Crippen molar-refractivity contribution >= 4 is 21.7 Å². The van der Waals surface area contributed by atoms with Crippen LogP contribution < -0.4 is 5.32 Å². The third kappa shape index (κ3) is 4.11. The van der Waals surface area contributed by atoms with Gasteiger partial charge in [0.15, 0.2) is 11.6 Å². The lowest BCUT2D eigenvalue weighted by Gasteiger charge is -2.30. The van der Waals surface area contributed by atoms with Crippen LogP contribution in [0.2, 0.25) is 0 Å². The first-order valence-corrected chi connectivity index (χ1v) is 11.6. The smallest absolute Gasteiger partial charge is 0.243 e. The Morgan fingerprint density at radius 1 is 1.03 bits per heavy atom. The van der Waals surface area contributed by atoms with Gasteiger partial charge in [0.25, 0.3) is 0 Å². The van der Waals surface area contributed by atoms with Gasteiger partial charge >= 0.3 is 0 Å². The number of nitrogens with zero attached hydrogens (tertiary/aromatic N) is 3. The minimum Gasteiger partial charge on any atom is -0.311 e. The van der Waals surface area contributed by atoms with Crippen LogP contribution in [0.1, 0.15) is 44.6 Å². The molecule has 1 saturated heterocycles. The van der Waals surface area contributed by atoms with Crippen molar-refractivity contribution in [2.75, 3.05) is 18.4 Å². The standard InChI is InChI=1S/C20H24F2N4O3S/c21-17-6-5-16(13-18(17)22)30(28,29)25-11-8-14(9-12-25)20(27)24-19-7-10-23-26(19)15-3-1-2-4-15/h5-7,10,13-15H,1-4,8-9,11-12H2,(H,24,27). The Morgan fingerprint density at radius 2 is 1.73 bits per heavy atom. The molecule has 10 heteroatoms. The van der Waals surface area contributed by atoms with Crippen molar-refractivity contribution in [3.63, 3.8) is 0 Å². The Kier molecular flexibility index (Phi) is 5.88. The van der Waals surface area contributed by atoms with E-state index in [0.717, 1.165) is 37.8 Å². The van der Waals surface area contributed by atoms with Gasteiger partial charge in [-0.2, -0.15) is 9.40 Å². The number of amides is 1. The zero-order chi connectivity index (χ0) is 21.3. The number of benzene rings is 1. The zero-order valence-corrected chi connectivity index (χ0v) is 17.2. The van der Waals surface area contributed by atoms with E-state index in [1.54, 1.807) is 12.3 Å². The molecule has 30 heavy (non-hydrogen) atoms. The van der Waals surface area contributed by atoms with Gasteiger partial charge < -0.3 is 5.32 Å². The van der Waals surface area contributed by atoms with Crippen molar-refractivity contribution in [3.8, 4) is 0 Å². The lowest BCUT2D eigenvalue weighted by molar-refractivity contribution is -0.121. The van der Waals surface area contributed by atoms with Crippen LogP contribution in [0.25, 0.3) is 0 Å². The molecule has 2 aliphatic rings. The number of piperidine rings is 1. The average molecular weight is 439 g/mol. The van der Waals surface area contributed by atoms with Gasteiger partial charge in [-0.25, -0.2) is 21.9 Å². The van der Waals surface area contributed by atoms with Gasteiger partial charge in [-0.3, -0.25) is 4.79 Å². The third-order valence-electron chi connectivity index (χ3n) is 5.95. The van der Waals surface area contributed by atoms with E-state index in [1.807, 2.05) is 4.68 Å². The first-order valence-electron chi connectivity index (χ1n) is 10.2. The molecule has 4 rings (SSSR count). The zero-order valence-electron chi connectivity index (χ0n) is 16.4. The number of anilines is 1. The predicted molar refractivity (Wildman–Crippen MR) is 106 cm³/mol. The number of nitrogens with one attached hydrogen (secondary N) is 1. The number of carbonyl (C=O) groups is 1. The molecular weight excluding hydrogens is 414 g/mol. The molecule has 1 aromatic heterocycles. The van der Waals surface area contributed by atoms with Gasteiger partial charge in [0, 0.05) is 25.1 Å². The maximum atomic E-state index is 13.5. The van der Waals surface area contributed by atoms with Crippen LogP contribution in [-0.4, -0.2) is 41.5 Å². The monoisotopic (exact) mass is 438 g/mol. The molecule has 1 aliphatic carbocycles. The molecule has 1 amide bonds. The fourth-order valence-electron chi connectivity index (χ4n) is 4.23. The lowest BCUT2D eigenvalue weighted by Crippen LogP contribution is -2.41. The number of hydrogen-bond acceptors (Lipinski definition) is 4. The van der Waals surface area contributed by atoms with Gasteiger partial charge in [0.05, 0.1) is 17.1 Å². The maximum absolute atomic E-state index is 13.5. The van der Waals surface area contributed by atoms with E-state index in [0.29, 0.717) is 30.8 Å². The van der Waals surface area contributed by atoms with Crippen molar-refractivity contribution in [1.29, 1.82) is 0 Å². The van der Waals surface area contributed by atoms with E-state index in [9.17, 15) is 22.0 Å². The Bertz CT molecular complexity index is 1030. The topological polar surface area (TPSA) is 84.3 Å². The number of carbonyl (C=O) groups excluding carboxylic acids is 1. The van der Waals surface area contributed by atoms with E-state index < -0.39 is 21.7 Å². The van der Waals surface area contributed by atoms with Crippen LogP contribution in [-0.2, 0) is 14.8 Å². The second-order valence-electron chi connectivity index (χ2n) is 7.84. The molecule has 2 heterocycles. The Balaban J connectivity index is 1.38. The van der Waals surface area contributed by atoms with Gasteiger partial charge in [0.2, 0.25) is 15.9 Å². The van der Waals surface area contributed by atoms with Crippen molar-refractivity contribution in [2.45, 2.75) is 49.5 Å². The highest BCUT2D eigenvalue weighted by molar-refractivity contribution is 7.89. The summed E-state index contributed by atoms with van der Waals surface area (Å²) in [4.78, 5) is 12.4. The maximum Gasteiger partial charge on any atom is 0.243 e. The van der Waals surface area contributed by atoms with E-state index in [1.165, 1.54) is 4.31 Å². The number of halogens is 2. The second-order valence-corrected chi connectivity index (χ2v) is 9.78. The summed E-state index contributed by atoms with van der Waals surface area (Å²) >= 11 is 0. The van der Waals surface area contributed by atoms with E-state index in [2.05, 4.69) is 10.4 Å². The van der Waals surface area contributed by atoms with Crippen molar-refractivity contribution in [1.82, 2.24) is 14.1 Å². The molecule has 1 aliphatic heterocycles. The Hall–Kier alpha value is -2.33. The van der Waals surface area contributed by atoms with Crippen LogP contribution >= 0.6 is 0 Å². The number of aromatic nitrogens is 2. The van der Waals surface area contributed by atoms with E-state index in [4.69, 9.17) is 0 Å². The van der Waals surface area contributed by atoms with Crippen LogP contribution in [0.5, 0.6) is 0 Å². The minimum absolute atomic E-state index is 0.140. The van der Waals surface area contributed by atoms with Gasteiger partial charge in [-0.15, -0.1) is 0 Å². The van der Waals surface area contributed by atoms with Crippen molar-refractivity contribution in [3.05, 3.63) is 42.1 Å². The summed E-state index contributed by atoms with van der Waals surface area (Å²) in [5.74, 6) is -2.11. The summed E-state index contributed by atoms with van der Waals surface area (Å²) in [6, 6.07) is 4.62. The van der Waals surface area contributed by atoms with Crippen LogP contribution in [0.4, 0.5) is 14.6 Å². The molecule has 2 fully saturated rings. The van der Waals surface area contributed by atoms with Gasteiger partial charge in [-0.1, -0.05) is 12.8 Å². The average Bonchev–Trinajstić information content (AvgIpc) is 3.41. The highest BCUT2D eigenvalue weighted by Gasteiger charge is 2.33. The summed E-state index contributed by atoms with van der Waals surface area (Å²) in [5, 5.41) is 7.28. The van der Waals surface area contributed by atoms with E-state index in [-0.39, 0.29) is 29.8 Å². The Labute approximate surface area is 174 Å². The molecule has 0 atom stereocenters. The van der Waals surface area contributed by atoms with Crippen molar-refractivity contribution in [2.24, 2.45) is 5.92 Å². The quantitative estimate of drug-likeness (QED) is 0.776. The summed E-state index contributed by atoms with van der Waals surface area (Å²) in [6.45, 7) is 0.280. The first-order chi connectivity index (χ1) is 14.4. The second kappa shape index (κ2) is 8.43. The first kappa shape index (κ1) is 20.9. The van der Waals surface area contributed by atoms with Crippen LogP contribution in [0.15, 0.2) is 35.4 Å². The SMILES string of the molecule is O=C(Nc1ccnn1C1CCCC1)C1CCN(S(=O)(=O)c2ccc(F)c(F)c2)CC1. The predicted octanol–water partition coefficient (Wildman–Crippen LogP) is 3.32. The number of rotatable bonds is 5. The van der Waals surface area contributed by atoms with E-state index >= 15 is 0 Å². The van der Waals surface area contributed by atoms with Crippen LogP contribution in [0.3, 0.4) is 0 Å². The molecule has 0 unspecified atom stereocenters. The molecule has 1 N–H and O–H groups in total. The molecule has 0 radical (unpaired) electrons.